The summed E-state index contributed by atoms with van der Waals surface area (Å²) in [6.45, 7) is 13.5. The lowest BCUT2D eigenvalue weighted by Gasteiger charge is -2.43. The van der Waals surface area contributed by atoms with Crippen LogP contribution in [0.4, 0.5) is 4.79 Å². The lowest BCUT2D eigenvalue weighted by molar-refractivity contribution is -0.155. The van der Waals surface area contributed by atoms with Crippen molar-refractivity contribution in [1.82, 2.24) is 45.4 Å². The van der Waals surface area contributed by atoms with Crippen molar-refractivity contribution in [2.45, 2.75) is 110 Å². The Morgan fingerprint density at radius 2 is 1.90 bits per heavy atom. The number of urea groups is 1. The fourth-order valence-electron chi connectivity index (χ4n) is 9.12. The van der Waals surface area contributed by atoms with Crippen LogP contribution in [0.25, 0.3) is 33.4 Å². The van der Waals surface area contributed by atoms with Gasteiger partial charge in [0.25, 0.3) is 5.91 Å². The number of hydrogen-bond donors (Lipinski definition) is 3. The molecule has 7 rings (SSSR count). The van der Waals surface area contributed by atoms with E-state index in [9.17, 15) is 24.0 Å². The molecule has 4 aromatic rings. The molecule has 3 N–H and O–H groups in total. The van der Waals surface area contributed by atoms with Crippen molar-refractivity contribution in [1.29, 1.82) is 0 Å². The number of likely N-dealkylation sites (N-methyl/N-ethyl adjacent to an activating group) is 2. The number of methoxy groups -OCH3 is 1. The Hall–Kier alpha value is -5.39. The molecule has 16 nitrogen and oxygen atoms in total. The second-order valence-corrected chi connectivity index (χ2v) is 18.9. The Kier molecular flexibility index (Phi) is 13.6. The summed E-state index contributed by atoms with van der Waals surface area (Å²) in [4.78, 5) is 81.6. The number of aryl methyl sites for hydroxylation is 1. The summed E-state index contributed by atoms with van der Waals surface area (Å²) < 4.78 is 14.2. The van der Waals surface area contributed by atoms with E-state index in [0.29, 0.717) is 50.3 Å². The standard InChI is InChI=1S/C46H61N9O7S/c1-10-53-35-16-15-28-21-30(35)31(40(53)29-13-11-18-48-38(29)27(4)61-9)23-46(5,6)25-62-44(59)32-14-12-19-55(51-32)43(58)33(22-37-49-34(28)24-63-37)50-42(57)39(26(2)3)52(8)45(60)54-20-17-36(54)41(56)47-7/h11,13,15-16,18,21,24,26-27,32-33,36,39,51H,10,12,14,17,19-20,22-23,25H2,1-9H3,(H,47,56)(H,50,57)/t27-,32-,33-,36+,39-/m0/s1. The van der Waals surface area contributed by atoms with Gasteiger partial charge < -0.3 is 34.5 Å². The number of nitrogens with zero attached hydrogens (tertiary/aromatic N) is 6. The third-order valence-corrected chi connectivity index (χ3v) is 13.5. The fraction of sp³-hybridized carbons (Fsp3) is 0.543. The van der Waals surface area contributed by atoms with Crippen LogP contribution >= 0.6 is 11.3 Å². The molecule has 3 aromatic heterocycles. The van der Waals surface area contributed by atoms with E-state index in [4.69, 9.17) is 19.4 Å². The molecule has 2 saturated heterocycles. The molecule has 0 saturated carbocycles. The van der Waals surface area contributed by atoms with Gasteiger partial charge in [-0.3, -0.25) is 29.2 Å². The van der Waals surface area contributed by atoms with Crippen LogP contribution < -0.4 is 16.1 Å². The van der Waals surface area contributed by atoms with Crippen LogP contribution in [-0.2, 0) is 48.0 Å². The number of amides is 5. The number of thiazole rings is 1. The molecule has 0 spiro atoms. The molecule has 2 fully saturated rings. The highest BCUT2D eigenvalue weighted by atomic mass is 32.1. The zero-order chi connectivity index (χ0) is 45.3. The van der Waals surface area contributed by atoms with Crippen molar-refractivity contribution in [2.75, 3.05) is 40.9 Å². The zero-order valence-electron chi connectivity index (χ0n) is 37.8. The maximum Gasteiger partial charge on any atom is 0.324 e. The quantitative estimate of drug-likeness (QED) is 0.192. The van der Waals surface area contributed by atoms with E-state index in [1.54, 1.807) is 20.4 Å². The number of carbonyl (C=O) groups is 5. The SMILES string of the molecule is CCn1c(-c2cccnc2[C@H](C)OC)c2c3cc(ccc31)-c1csc(n1)C[C@H](NC(=O)[C@H](C(C)C)N(C)C(=O)N1CC[C@@H]1C(=O)NC)C(=O)N1CCC[C@H](N1)C(=O)OCC(C)(C)C2. The number of cyclic esters (lactones) is 1. The topological polar surface area (TPSA) is 180 Å². The molecule has 3 aliphatic heterocycles. The predicted molar refractivity (Wildman–Crippen MR) is 240 cm³/mol. The van der Waals surface area contributed by atoms with Gasteiger partial charge in [0, 0.05) is 86.3 Å². The van der Waals surface area contributed by atoms with Gasteiger partial charge in [-0.2, -0.15) is 0 Å². The molecular formula is C46H61N9O7S. The molecule has 63 heavy (non-hydrogen) atoms. The lowest BCUT2D eigenvalue weighted by Crippen LogP contribution is -2.65. The van der Waals surface area contributed by atoms with Crippen molar-refractivity contribution in [3.63, 3.8) is 0 Å². The average molecular weight is 884 g/mol. The first-order chi connectivity index (χ1) is 30.1. The Labute approximate surface area is 373 Å². The van der Waals surface area contributed by atoms with E-state index in [1.165, 1.54) is 33.2 Å². The van der Waals surface area contributed by atoms with Crippen molar-refractivity contribution in [3.05, 3.63) is 58.2 Å². The van der Waals surface area contributed by atoms with Crippen LogP contribution in [0.15, 0.2) is 41.9 Å². The second kappa shape index (κ2) is 18.8. The maximum atomic E-state index is 14.6. The van der Waals surface area contributed by atoms with Gasteiger partial charge in [0.15, 0.2) is 0 Å². The van der Waals surface area contributed by atoms with Crippen LogP contribution in [0.1, 0.15) is 83.2 Å². The fourth-order valence-corrected chi connectivity index (χ4v) is 9.97. The third kappa shape index (κ3) is 9.18. The summed E-state index contributed by atoms with van der Waals surface area (Å²) in [5.74, 6) is -2.02. The molecule has 0 aliphatic carbocycles. The minimum absolute atomic E-state index is 0.0649. The van der Waals surface area contributed by atoms with Crippen LogP contribution in [0.2, 0.25) is 0 Å². The van der Waals surface area contributed by atoms with Gasteiger partial charge in [-0.05, 0) is 75.3 Å². The Bertz CT molecular complexity index is 2380. The van der Waals surface area contributed by atoms with E-state index in [-0.39, 0.29) is 31.0 Å². The number of rotatable bonds is 9. The summed E-state index contributed by atoms with van der Waals surface area (Å²) >= 11 is 1.40. The summed E-state index contributed by atoms with van der Waals surface area (Å²) in [7, 11) is 4.75. The number of likely N-dealkylation sites (tertiary alicyclic amines) is 1. The first kappa shape index (κ1) is 45.6. The van der Waals surface area contributed by atoms with Gasteiger partial charge in [-0.25, -0.2) is 15.2 Å². The lowest BCUT2D eigenvalue weighted by atomic mass is 9.84. The maximum absolute atomic E-state index is 14.6. The molecule has 3 aliphatic rings. The van der Waals surface area contributed by atoms with E-state index < -0.39 is 53.4 Å². The number of nitrogens with one attached hydrogen (secondary N) is 3. The molecule has 5 amide bonds. The number of aromatic nitrogens is 3. The van der Waals surface area contributed by atoms with Crippen molar-refractivity contribution >= 4 is 52.0 Å². The highest BCUT2D eigenvalue weighted by Crippen LogP contribution is 2.42. The zero-order valence-corrected chi connectivity index (χ0v) is 38.6. The van der Waals surface area contributed by atoms with Crippen molar-refractivity contribution in [2.24, 2.45) is 11.3 Å². The summed E-state index contributed by atoms with van der Waals surface area (Å²) in [6.07, 6.45) is 3.70. The Morgan fingerprint density at radius 1 is 1.13 bits per heavy atom. The minimum Gasteiger partial charge on any atom is -0.464 e. The van der Waals surface area contributed by atoms with Crippen molar-refractivity contribution in [3.8, 4) is 22.5 Å². The van der Waals surface area contributed by atoms with E-state index in [0.717, 1.165) is 44.7 Å². The monoisotopic (exact) mass is 883 g/mol. The molecule has 1 aromatic carbocycles. The summed E-state index contributed by atoms with van der Waals surface area (Å²) in [5.41, 5.74) is 9.22. The molecule has 0 unspecified atom stereocenters. The molecule has 0 radical (unpaired) electrons. The van der Waals surface area contributed by atoms with Gasteiger partial charge in [0.1, 0.15) is 24.2 Å². The number of hydrazine groups is 1. The number of fused-ring (bicyclic) bond motifs is 6. The molecule has 338 valence electrons. The summed E-state index contributed by atoms with van der Waals surface area (Å²) in [5, 5.41) is 10.6. The third-order valence-electron chi connectivity index (χ3n) is 12.6. The van der Waals surface area contributed by atoms with Crippen LogP contribution in [0, 0.1) is 11.3 Å². The van der Waals surface area contributed by atoms with E-state index >= 15 is 0 Å². The number of pyridine rings is 1. The number of hydrogen-bond acceptors (Lipinski definition) is 11. The average Bonchev–Trinajstić information content (AvgIpc) is 3.85. The smallest absolute Gasteiger partial charge is 0.324 e. The summed E-state index contributed by atoms with van der Waals surface area (Å²) in [6, 6.07) is 6.48. The molecule has 6 bridgehead atoms. The first-order valence-corrected chi connectivity index (χ1v) is 22.8. The first-order valence-electron chi connectivity index (χ1n) is 21.9. The van der Waals surface area contributed by atoms with Gasteiger partial charge in [0.05, 0.1) is 34.8 Å². The normalized spacial score (nSPS) is 21.3. The van der Waals surface area contributed by atoms with Crippen LogP contribution in [-0.4, -0.2) is 124 Å². The van der Waals surface area contributed by atoms with Gasteiger partial charge in [0.2, 0.25) is 11.8 Å². The number of esters is 1. The molecule has 6 heterocycles. The Balaban J connectivity index is 1.28. The van der Waals surface area contributed by atoms with E-state index in [1.807, 2.05) is 32.2 Å². The second-order valence-electron chi connectivity index (χ2n) is 18.0. The number of ether oxygens (including phenoxy) is 2. The van der Waals surface area contributed by atoms with Crippen molar-refractivity contribution < 1.29 is 33.4 Å². The largest absolute Gasteiger partial charge is 0.464 e. The predicted octanol–water partition coefficient (Wildman–Crippen LogP) is 5.10. The van der Waals surface area contributed by atoms with Gasteiger partial charge in [-0.15, -0.1) is 11.3 Å². The van der Waals surface area contributed by atoms with Gasteiger partial charge in [-0.1, -0.05) is 33.8 Å². The van der Waals surface area contributed by atoms with E-state index in [2.05, 4.69) is 65.7 Å². The number of benzene rings is 1. The van der Waals surface area contributed by atoms with Crippen LogP contribution in [0.3, 0.4) is 0 Å². The minimum atomic E-state index is -1.10. The Morgan fingerprint density at radius 3 is 2.59 bits per heavy atom. The van der Waals surface area contributed by atoms with Crippen LogP contribution in [0.5, 0.6) is 0 Å². The molecule has 5 atom stereocenters. The highest BCUT2D eigenvalue weighted by molar-refractivity contribution is 7.10. The molecular weight excluding hydrogens is 823 g/mol. The highest BCUT2D eigenvalue weighted by Gasteiger charge is 2.43. The van der Waals surface area contributed by atoms with Gasteiger partial charge >= 0.3 is 12.0 Å². The number of carbonyl (C=O) groups excluding carboxylic acids is 5. The molecule has 17 heteroatoms.